The van der Waals surface area contributed by atoms with Gasteiger partial charge in [-0.2, -0.15) is 0 Å². The van der Waals surface area contributed by atoms with E-state index in [0.29, 0.717) is 19.1 Å². The number of hydrogen-bond acceptors (Lipinski definition) is 3. The van der Waals surface area contributed by atoms with Crippen LogP contribution in [-0.4, -0.2) is 25.7 Å². The van der Waals surface area contributed by atoms with Crippen molar-refractivity contribution in [2.75, 3.05) is 13.7 Å². The topological polar surface area (TPSA) is 47.6 Å². The minimum absolute atomic E-state index is 0.117. The second kappa shape index (κ2) is 5.58. The van der Waals surface area contributed by atoms with Gasteiger partial charge in [0.05, 0.1) is 13.2 Å². The summed E-state index contributed by atoms with van der Waals surface area (Å²) in [5.41, 5.74) is 0.978. The molecule has 0 radical (unpaired) electrons. The number of carbonyl (C=O) groups excluding carboxylic acids is 1. The number of nitrogens with one attached hydrogen (secondary N) is 1. The first-order chi connectivity index (χ1) is 10.1. The van der Waals surface area contributed by atoms with Crippen LogP contribution in [0, 0.1) is 0 Å². The van der Waals surface area contributed by atoms with Crippen LogP contribution in [0.2, 0.25) is 0 Å². The Kier molecular flexibility index (Phi) is 3.79. The Hall–Kier alpha value is -1.71. The van der Waals surface area contributed by atoms with Gasteiger partial charge in [0.25, 0.3) is 0 Å². The molecule has 1 atom stereocenters. The van der Waals surface area contributed by atoms with Crippen molar-refractivity contribution in [3.05, 3.63) is 23.8 Å². The molecule has 0 bridgehead atoms. The molecule has 3 rings (SSSR count). The Balaban J connectivity index is 1.87. The van der Waals surface area contributed by atoms with Crippen LogP contribution < -0.4 is 14.8 Å². The van der Waals surface area contributed by atoms with Gasteiger partial charge in [-0.05, 0) is 43.4 Å². The second-order valence-corrected chi connectivity index (χ2v) is 6.40. The molecular weight excluding hydrogens is 266 g/mol. The van der Waals surface area contributed by atoms with Crippen LogP contribution >= 0.6 is 0 Å². The van der Waals surface area contributed by atoms with E-state index in [4.69, 9.17) is 9.47 Å². The van der Waals surface area contributed by atoms with Crippen molar-refractivity contribution >= 4 is 5.91 Å². The van der Waals surface area contributed by atoms with E-state index in [9.17, 15) is 4.79 Å². The van der Waals surface area contributed by atoms with Crippen LogP contribution in [0.15, 0.2) is 18.2 Å². The molecule has 1 aliphatic heterocycles. The Morgan fingerprint density at radius 3 is 2.62 bits per heavy atom. The van der Waals surface area contributed by atoms with Crippen LogP contribution in [0.5, 0.6) is 11.5 Å². The van der Waals surface area contributed by atoms with Crippen molar-refractivity contribution in [2.45, 2.75) is 50.5 Å². The van der Waals surface area contributed by atoms with Crippen molar-refractivity contribution in [3.63, 3.8) is 0 Å². The Bertz CT molecular complexity index is 537. The zero-order valence-corrected chi connectivity index (χ0v) is 12.8. The SMILES string of the molecule is COc1ccc([C@@]2(C)CNC(=O)C2)cc1OC1CCCC1. The van der Waals surface area contributed by atoms with Gasteiger partial charge in [0.2, 0.25) is 5.91 Å². The average molecular weight is 289 g/mol. The zero-order valence-electron chi connectivity index (χ0n) is 12.8. The fraction of sp³-hybridized carbons (Fsp3) is 0.588. The van der Waals surface area contributed by atoms with Gasteiger partial charge in [0, 0.05) is 18.4 Å². The third-order valence-corrected chi connectivity index (χ3v) is 4.68. The van der Waals surface area contributed by atoms with Gasteiger partial charge in [-0.15, -0.1) is 0 Å². The van der Waals surface area contributed by atoms with Crippen LogP contribution in [0.3, 0.4) is 0 Å². The fourth-order valence-electron chi connectivity index (χ4n) is 3.31. The summed E-state index contributed by atoms with van der Waals surface area (Å²) < 4.78 is 11.6. The third-order valence-electron chi connectivity index (χ3n) is 4.68. The van der Waals surface area contributed by atoms with Gasteiger partial charge in [-0.3, -0.25) is 4.79 Å². The highest BCUT2D eigenvalue weighted by atomic mass is 16.5. The quantitative estimate of drug-likeness (QED) is 0.927. The predicted octanol–water partition coefficient (Wildman–Crippen LogP) is 2.79. The van der Waals surface area contributed by atoms with Crippen LogP contribution in [0.25, 0.3) is 0 Å². The van der Waals surface area contributed by atoms with Crippen molar-refractivity contribution < 1.29 is 14.3 Å². The molecule has 4 nitrogen and oxygen atoms in total. The number of amides is 1. The van der Waals surface area contributed by atoms with E-state index >= 15 is 0 Å². The van der Waals surface area contributed by atoms with Gasteiger partial charge < -0.3 is 14.8 Å². The lowest BCUT2D eigenvalue weighted by Crippen LogP contribution is -2.25. The molecule has 1 saturated heterocycles. The van der Waals surface area contributed by atoms with Gasteiger partial charge in [0.1, 0.15) is 0 Å². The minimum Gasteiger partial charge on any atom is -0.493 e. The maximum absolute atomic E-state index is 11.6. The standard InChI is InChI=1S/C17H23NO3/c1-17(10-16(19)18-11-17)12-7-8-14(20-2)15(9-12)21-13-5-3-4-6-13/h7-9,13H,3-6,10-11H2,1-2H3,(H,18,19)/t17-/m1/s1. The summed E-state index contributed by atoms with van der Waals surface area (Å²) in [4.78, 5) is 11.6. The summed E-state index contributed by atoms with van der Waals surface area (Å²) in [5.74, 6) is 1.69. The molecule has 2 fully saturated rings. The van der Waals surface area contributed by atoms with Crippen molar-refractivity contribution in [2.24, 2.45) is 0 Å². The van der Waals surface area contributed by atoms with Crippen molar-refractivity contribution in [1.29, 1.82) is 0 Å². The van der Waals surface area contributed by atoms with E-state index < -0.39 is 0 Å². The van der Waals surface area contributed by atoms with Gasteiger partial charge in [-0.25, -0.2) is 0 Å². The highest BCUT2D eigenvalue weighted by Gasteiger charge is 2.36. The fourth-order valence-corrected chi connectivity index (χ4v) is 3.31. The lowest BCUT2D eigenvalue weighted by molar-refractivity contribution is -0.119. The molecule has 0 aromatic heterocycles. The van der Waals surface area contributed by atoms with Gasteiger partial charge in [0.15, 0.2) is 11.5 Å². The molecule has 1 N–H and O–H groups in total. The highest BCUT2D eigenvalue weighted by molar-refractivity contribution is 5.80. The Morgan fingerprint density at radius 2 is 2.00 bits per heavy atom. The summed E-state index contributed by atoms with van der Waals surface area (Å²) in [6.07, 6.45) is 5.54. The molecule has 0 unspecified atom stereocenters. The van der Waals surface area contributed by atoms with E-state index in [0.717, 1.165) is 29.9 Å². The maximum atomic E-state index is 11.6. The zero-order chi connectivity index (χ0) is 14.9. The first-order valence-corrected chi connectivity index (χ1v) is 7.73. The molecule has 4 heteroatoms. The molecule has 114 valence electrons. The van der Waals surface area contributed by atoms with E-state index in [-0.39, 0.29) is 11.3 Å². The summed E-state index contributed by atoms with van der Waals surface area (Å²) in [5, 5.41) is 2.92. The number of rotatable bonds is 4. The number of benzene rings is 1. The largest absolute Gasteiger partial charge is 0.493 e. The third kappa shape index (κ3) is 2.85. The number of hydrogen-bond donors (Lipinski definition) is 1. The van der Waals surface area contributed by atoms with Gasteiger partial charge >= 0.3 is 0 Å². The van der Waals surface area contributed by atoms with Crippen molar-refractivity contribution in [1.82, 2.24) is 5.32 Å². The molecule has 1 aliphatic carbocycles. The first-order valence-electron chi connectivity index (χ1n) is 7.73. The molecule has 1 aromatic rings. The number of methoxy groups -OCH3 is 1. The second-order valence-electron chi connectivity index (χ2n) is 6.40. The van der Waals surface area contributed by atoms with Crippen LogP contribution in [0.1, 0.15) is 44.6 Å². The van der Waals surface area contributed by atoms with Crippen LogP contribution in [-0.2, 0) is 10.2 Å². The van der Waals surface area contributed by atoms with E-state index in [1.54, 1.807) is 7.11 Å². The summed E-state index contributed by atoms with van der Waals surface area (Å²) in [7, 11) is 1.67. The lowest BCUT2D eigenvalue weighted by Gasteiger charge is -2.24. The number of carbonyl (C=O) groups is 1. The van der Waals surface area contributed by atoms with E-state index in [2.05, 4.69) is 18.3 Å². The molecule has 1 heterocycles. The first kappa shape index (κ1) is 14.2. The van der Waals surface area contributed by atoms with E-state index in [1.807, 2.05) is 12.1 Å². The molecule has 0 spiro atoms. The van der Waals surface area contributed by atoms with Crippen molar-refractivity contribution in [3.8, 4) is 11.5 Å². The smallest absolute Gasteiger partial charge is 0.220 e. The van der Waals surface area contributed by atoms with Crippen LogP contribution in [0.4, 0.5) is 0 Å². The molecular formula is C17H23NO3. The average Bonchev–Trinajstić information content (AvgIpc) is 3.09. The highest BCUT2D eigenvalue weighted by Crippen LogP contribution is 2.38. The molecule has 2 aliphatic rings. The predicted molar refractivity (Wildman–Crippen MR) is 80.9 cm³/mol. The Morgan fingerprint density at radius 1 is 1.24 bits per heavy atom. The lowest BCUT2D eigenvalue weighted by atomic mass is 9.81. The minimum atomic E-state index is -0.156. The summed E-state index contributed by atoms with van der Waals surface area (Å²) >= 11 is 0. The maximum Gasteiger partial charge on any atom is 0.220 e. The number of ether oxygens (including phenoxy) is 2. The molecule has 21 heavy (non-hydrogen) atoms. The molecule has 1 saturated carbocycles. The normalized spacial score (nSPS) is 25.9. The summed E-state index contributed by atoms with van der Waals surface area (Å²) in [6, 6.07) is 6.05. The molecule has 1 amide bonds. The monoisotopic (exact) mass is 289 g/mol. The Labute approximate surface area is 125 Å². The van der Waals surface area contributed by atoms with E-state index in [1.165, 1.54) is 12.8 Å². The molecule has 1 aromatic carbocycles. The summed E-state index contributed by atoms with van der Waals surface area (Å²) in [6.45, 7) is 2.80. The van der Waals surface area contributed by atoms with Gasteiger partial charge in [-0.1, -0.05) is 13.0 Å².